The summed E-state index contributed by atoms with van der Waals surface area (Å²) in [6, 6.07) is 3.34. The smallest absolute Gasteiger partial charge is 0.236 e. The molecule has 0 saturated carbocycles. The van der Waals surface area contributed by atoms with E-state index < -0.39 is 0 Å². The highest BCUT2D eigenvalue weighted by Gasteiger charge is 2.19. The summed E-state index contributed by atoms with van der Waals surface area (Å²) < 4.78 is 1.99. The van der Waals surface area contributed by atoms with E-state index in [1.165, 1.54) is 28.4 Å². The minimum Gasteiger partial charge on any atom is -0.310 e. The number of rotatable bonds is 8. The molecule has 0 radical (unpaired) electrons. The number of hydrogen-bond donors (Lipinski definition) is 1. The number of aromatic nitrogens is 4. The first-order valence-electron chi connectivity index (χ1n) is 8.69. The number of allylic oxidation sites excluding steroid dienone is 1. The minimum absolute atomic E-state index is 0.171. The van der Waals surface area contributed by atoms with Crippen LogP contribution >= 0.6 is 34.7 Å². The summed E-state index contributed by atoms with van der Waals surface area (Å²) in [6.07, 6.45) is 4.23. The van der Waals surface area contributed by atoms with Crippen LogP contribution in [0.3, 0.4) is 0 Å². The molecule has 0 aromatic carbocycles. The molecule has 0 saturated heterocycles. The van der Waals surface area contributed by atoms with Gasteiger partial charge in [0.15, 0.2) is 11.0 Å². The zero-order valence-corrected chi connectivity index (χ0v) is 18.0. The van der Waals surface area contributed by atoms with Gasteiger partial charge in [0.05, 0.1) is 10.8 Å². The highest BCUT2D eigenvalue weighted by atomic mass is 35.5. The SMILES string of the molecule is C=CCn1c(SCC(=O)Nc2ccc(Cl)cn2)nnc1-c1csc(C)c1CC. The maximum atomic E-state index is 12.2. The number of anilines is 1. The molecule has 0 bridgehead atoms. The zero-order valence-electron chi connectivity index (χ0n) is 15.6. The van der Waals surface area contributed by atoms with Crippen molar-refractivity contribution in [2.45, 2.75) is 32.0 Å². The number of carbonyl (C=O) groups is 1. The summed E-state index contributed by atoms with van der Waals surface area (Å²) in [5.41, 5.74) is 2.38. The van der Waals surface area contributed by atoms with Crippen molar-refractivity contribution in [3.8, 4) is 11.4 Å². The Labute approximate surface area is 177 Å². The minimum atomic E-state index is -0.171. The number of thiophene rings is 1. The van der Waals surface area contributed by atoms with Crippen molar-refractivity contribution in [1.29, 1.82) is 0 Å². The lowest BCUT2D eigenvalue weighted by Crippen LogP contribution is -2.15. The van der Waals surface area contributed by atoms with Gasteiger partial charge >= 0.3 is 0 Å². The van der Waals surface area contributed by atoms with Gasteiger partial charge in [-0.05, 0) is 31.0 Å². The van der Waals surface area contributed by atoms with Gasteiger partial charge in [-0.2, -0.15) is 0 Å². The van der Waals surface area contributed by atoms with Crippen LogP contribution in [-0.4, -0.2) is 31.4 Å². The molecule has 6 nitrogen and oxygen atoms in total. The molecule has 1 N–H and O–H groups in total. The third kappa shape index (κ3) is 4.63. The van der Waals surface area contributed by atoms with Gasteiger partial charge in [0, 0.05) is 28.6 Å². The van der Waals surface area contributed by atoms with Gasteiger partial charge in [-0.1, -0.05) is 36.4 Å². The van der Waals surface area contributed by atoms with Crippen molar-refractivity contribution < 1.29 is 4.79 Å². The van der Waals surface area contributed by atoms with Crippen LogP contribution in [0.4, 0.5) is 5.82 Å². The molecule has 28 heavy (non-hydrogen) atoms. The first-order valence-corrected chi connectivity index (χ1v) is 10.9. The molecule has 0 atom stereocenters. The molecule has 3 aromatic heterocycles. The monoisotopic (exact) mass is 433 g/mol. The maximum Gasteiger partial charge on any atom is 0.236 e. The van der Waals surface area contributed by atoms with E-state index in [9.17, 15) is 4.79 Å². The van der Waals surface area contributed by atoms with E-state index in [-0.39, 0.29) is 11.7 Å². The van der Waals surface area contributed by atoms with Gasteiger partial charge in [0.25, 0.3) is 0 Å². The molecular weight excluding hydrogens is 414 g/mol. The van der Waals surface area contributed by atoms with E-state index in [1.54, 1.807) is 29.5 Å². The maximum absolute atomic E-state index is 12.2. The molecule has 0 fully saturated rings. The molecule has 9 heteroatoms. The van der Waals surface area contributed by atoms with Crippen molar-refractivity contribution in [2.75, 3.05) is 11.1 Å². The molecule has 0 unspecified atom stereocenters. The molecule has 3 aromatic rings. The van der Waals surface area contributed by atoms with Gasteiger partial charge in [0.1, 0.15) is 5.82 Å². The number of aryl methyl sites for hydroxylation is 1. The van der Waals surface area contributed by atoms with Crippen molar-refractivity contribution in [2.24, 2.45) is 0 Å². The summed E-state index contributed by atoms with van der Waals surface area (Å²) >= 11 is 8.85. The Balaban J connectivity index is 1.75. The molecule has 146 valence electrons. The predicted molar refractivity (Wildman–Crippen MR) is 116 cm³/mol. The van der Waals surface area contributed by atoms with Gasteiger partial charge in [-0.25, -0.2) is 4.98 Å². The fraction of sp³-hybridized carbons (Fsp3) is 0.263. The van der Waals surface area contributed by atoms with E-state index in [0.29, 0.717) is 22.5 Å². The lowest BCUT2D eigenvalue weighted by Gasteiger charge is -2.08. The highest BCUT2D eigenvalue weighted by molar-refractivity contribution is 7.99. The van der Waals surface area contributed by atoms with E-state index in [4.69, 9.17) is 11.6 Å². The second-order valence-electron chi connectivity index (χ2n) is 5.94. The average molecular weight is 434 g/mol. The quantitative estimate of drug-likeness (QED) is 0.406. The first kappa shape index (κ1) is 20.6. The third-order valence-corrected chi connectivity index (χ3v) is 6.20. The van der Waals surface area contributed by atoms with E-state index in [1.807, 2.05) is 4.57 Å². The van der Waals surface area contributed by atoms with Crippen molar-refractivity contribution in [1.82, 2.24) is 19.7 Å². The number of hydrogen-bond acceptors (Lipinski definition) is 6. The van der Waals surface area contributed by atoms with Crippen LogP contribution in [0.2, 0.25) is 5.02 Å². The largest absolute Gasteiger partial charge is 0.310 e. The van der Waals surface area contributed by atoms with Crippen LogP contribution in [0.15, 0.2) is 41.5 Å². The normalized spacial score (nSPS) is 10.8. The van der Waals surface area contributed by atoms with E-state index in [0.717, 1.165) is 17.8 Å². The number of halogens is 1. The fourth-order valence-corrected chi connectivity index (χ4v) is 4.55. The highest BCUT2D eigenvalue weighted by Crippen LogP contribution is 2.32. The van der Waals surface area contributed by atoms with Crippen molar-refractivity contribution in [3.05, 3.63) is 51.8 Å². The molecule has 0 aliphatic heterocycles. The van der Waals surface area contributed by atoms with Gasteiger partial charge in [0.2, 0.25) is 5.91 Å². The summed E-state index contributed by atoms with van der Waals surface area (Å²) in [7, 11) is 0. The Kier molecular flexibility index (Phi) is 6.88. The number of pyridine rings is 1. The molecular formula is C19H20ClN5OS2. The van der Waals surface area contributed by atoms with Crippen LogP contribution in [-0.2, 0) is 17.8 Å². The number of nitrogens with one attached hydrogen (secondary N) is 1. The summed E-state index contributed by atoms with van der Waals surface area (Å²) in [5, 5.41) is 14.8. The average Bonchev–Trinajstić information content (AvgIpc) is 3.25. The summed E-state index contributed by atoms with van der Waals surface area (Å²) in [5.74, 6) is 1.30. The summed E-state index contributed by atoms with van der Waals surface area (Å²) in [6.45, 7) is 8.66. The fourth-order valence-electron chi connectivity index (χ4n) is 2.75. The van der Waals surface area contributed by atoms with Crippen LogP contribution in [0, 0.1) is 6.92 Å². The molecule has 0 aliphatic rings. The lowest BCUT2D eigenvalue weighted by atomic mass is 10.1. The molecule has 0 aliphatic carbocycles. The first-order chi connectivity index (χ1) is 13.5. The van der Waals surface area contributed by atoms with E-state index >= 15 is 0 Å². The number of amides is 1. The molecule has 3 rings (SSSR count). The molecule has 3 heterocycles. The van der Waals surface area contributed by atoms with Gasteiger partial charge in [-0.15, -0.1) is 28.1 Å². The molecule has 0 spiro atoms. The van der Waals surface area contributed by atoms with Crippen LogP contribution in [0.1, 0.15) is 17.4 Å². The van der Waals surface area contributed by atoms with Gasteiger partial charge in [-0.3, -0.25) is 9.36 Å². The second-order valence-corrected chi connectivity index (χ2v) is 8.40. The van der Waals surface area contributed by atoms with Crippen LogP contribution in [0.25, 0.3) is 11.4 Å². The Morgan fingerprint density at radius 3 is 2.93 bits per heavy atom. The zero-order chi connectivity index (χ0) is 20.1. The van der Waals surface area contributed by atoms with Crippen molar-refractivity contribution >= 4 is 46.4 Å². The van der Waals surface area contributed by atoms with Gasteiger partial charge < -0.3 is 5.32 Å². The lowest BCUT2D eigenvalue weighted by molar-refractivity contribution is -0.113. The topological polar surface area (TPSA) is 72.7 Å². The number of carbonyl (C=O) groups excluding carboxylic acids is 1. The van der Waals surface area contributed by atoms with Crippen molar-refractivity contribution in [3.63, 3.8) is 0 Å². The Morgan fingerprint density at radius 1 is 1.43 bits per heavy atom. The van der Waals surface area contributed by atoms with Crippen LogP contribution < -0.4 is 5.32 Å². The Hall–Kier alpha value is -2.16. The van der Waals surface area contributed by atoms with E-state index in [2.05, 4.69) is 46.3 Å². The molecule has 1 amide bonds. The Bertz CT molecular complexity index is 981. The number of nitrogens with zero attached hydrogens (tertiary/aromatic N) is 4. The predicted octanol–water partition coefficient (Wildman–Crippen LogP) is 4.84. The summed E-state index contributed by atoms with van der Waals surface area (Å²) in [4.78, 5) is 17.6. The number of thioether (sulfide) groups is 1. The second kappa shape index (κ2) is 9.36. The standard InChI is InChI=1S/C19H20ClN5OS2/c1-4-8-25-18(15-10-27-12(3)14(15)5-2)23-24-19(25)28-11-17(26)22-16-7-6-13(20)9-21-16/h4,6-7,9-10H,1,5,8,11H2,2-3H3,(H,21,22,26). The Morgan fingerprint density at radius 2 is 2.25 bits per heavy atom. The third-order valence-electron chi connectivity index (χ3n) is 4.05. The van der Waals surface area contributed by atoms with Crippen LogP contribution in [0.5, 0.6) is 0 Å².